The van der Waals surface area contributed by atoms with Crippen LogP contribution in [0.25, 0.3) is 11.1 Å². The number of carbonyl (C=O) groups excluding carboxylic acids is 1. The molecule has 1 saturated heterocycles. The molecule has 0 bridgehead atoms. The zero-order chi connectivity index (χ0) is 33.8. The number of carbonyl (C=O) groups is 1. The van der Waals surface area contributed by atoms with E-state index in [-0.39, 0.29) is 25.7 Å². The van der Waals surface area contributed by atoms with Crippen LogP contribution in [0.15, 0.2) is 133 Å². The molecule has 0 aromatic heterocycles. The Morgan fingerprint density at radius 1 is 0.755 bits per heavy atom. The van der Waals surface area contributed by atoms with Crippen molar-refractivity contribution in [3.8, 4) is 16.9 Å². The fourth-order valence-corrected chi connectivity index (χ4v) is 7.06. The van der Waals surface area contributed by atoms with Crippen LogP contribution in [-0.4, -0.2) is 64.4 Å². The van der Waals surface area contributed by atoms with Gasteiger partial charge in [-0.05, 0) is 56.9 Å². The Bertz CT molecular complexity index is 1780. The first kappa shape index (κ1) is 32.7. The summed E-state index contributed by atoms with van der Waals surface area (Å²) < 4.78 is 29.7. The molecule has 2 radical (unpaired) electrons. The second-order valence-corrected chi connectivity index (χ2v) is 12.3. The van der Waals surface area contributed by atoms with E-state index in [9.17, 15) is 9.90 Å². The van der Waals surface area contributed by atoms with Crippen molar-refractivity contribution in [2.24, 2.45) is 0 Å². The Balaban J connectivity index is 1.09. The van der Waals surface area contributed by atoms with Crippen LogP contribution in [-0.2, 0) is 24.5 Å². The molecule has 246 valence electrons. The molecule has 0 saturated carbocycles. The van der Waals surface area contributed by atoms with E-state index in [1.165, 1.54) is 0 Å². The highest BCUT2D eigenvalue weighted by atomic mass is 16.7. The van der Waals surface area contributed by atoms with Crippen LogP contribution in [0.4, 0.5) is 4.79 Å². The third kappa shape index (κ3) is 6.35. The molecule has 1 aliphatic heterocycles. The van der Waals surface area contributed by atoms with Gasteiger partial charge in [0.05, 0.1) is 21.6 Å². The number of fused-ring (bicyclic) bond motifs is 3. The number of aliphatic hydroxyl groups is 1. The third-order valence-electron chi connectivity index (χ3n) is 9.53. The number of hydrogen-bond acceptors (Lipinski definition) is 7. The van der Waals surface area contributed by atoms with E-state index >= 15 is 0 Å². The van der Waals surface area contributed by atoms with Gasteiger partial charge in [-0.15, -0.1) is 0 Å². The van der Waals surface area contributed by atoms with Gasteiger partial charge in [-0.1, -0.05) is 121 Å². The van der Waals surface area contributed by atoms with Crippen molar-refractivity contribution < 1.29 is 33.6 Å². The normalized spacial score (nSPS) is 20.2. The van der Waals surface area contributed by atoms with E-state index < -0.39 is 35.9 Å². The first-order chi connectivity index (χ1) is 24.0. The Morgan fingerprint density at radius 2 is 1.29 bits per heavy atom. The SMILES string of the molecule is [B]C1COC(COC(c2ccccc2)(c2ccccc2)c2ccc(OC)cc2)C(O)[C@@H]1OC(=O)OCC1c2ccccc2-c2ccccc21. The Morgan fingerprint density at radius 3 is 1.86 bits per heavy atom. The van der Waals surface area contributed by atoms with Crippen molar-refractivity contribution in [3.05, 3.63) is 161 Å². The second kappa shape index (κ2) is 14.3. The monoisotopic (exact) mass is 652 g/mol. The maximum atomic E-state index is 13.1. The van der Waals surface area contributed by atoms with E-state index in [1.807, 2.05) is 121 Å². The highest BCUT2D eigenvalue weighted by molar-refractivity contribution is 6.12. The maximum Gasteiger partial charge on any atom is 0.508 e. The highest BCUT2D eigenvalue weighted by Crippen LogP contribution is 2.45. The molecule has 1 fully saturated rings. The van der Waals surface area contributed by atoms with Crippen molar-refractivity contribution in [1.82, 2.24) is 0 Å². The number of methoxy groups -OCH3 is 1. The van der Waals surface area contributed by atoms with Crippen LogP contribution in [0.5, 0.6) is 5.75 Å². The molecule has 1 heterocycles. The van der Waals surface area contributed by atoms with Gasteiger partial charge in [-0.2, -0.15) is 0 Å². The predicted octanol–water partition coefficient (Wildman–Crippen LogP) is 7.05. The predicted molar refractivity (Wildman–Crippen MR) is 187 cm³/mol. The lowest BCUT2D eigenvalue weighted by Gasteiger charge is -2.41. The van der Waals surface area contributed by atoms with Gasteiger partial charge >= 0.3 is 6.16 Å². The van der Waals surface area contributed by atoms with Crippen LogP contribution < -0.4 is 4.74 Å². The summed E-state index contributed by atoms with van der Waals surface area (Å²) in [4.78, 5) is 13.1. The molecule has 7 rings (SSSR count). The molecule has 0 amide bonds. The van der Waals surface area contributed by atoms with Crippen molar-refractivity contribution in [3.63, 3.8) is 0 Å². The van der Waals surface area contributed by atoms with Crippen LogP contribution in [0.1, 0.15) is 33.7 Å². The van der Waals surface area contributed by atoms with Crippen molar-refractivity contribution in [2.45, 2.75) is 35.6 Å². The molecule has 0 spiro atoms. The number of rotatable bonds is 10. The molecule has 2 aliphatic rings. The summed E-state index contributed by atoms with van der Waals surface area (Å²) in [5, 5.41) is 11.5. The van der Waals surface area contributed by atoms with Gasteiger partial charge in [0, 0.05) is 12.5 Å². The van der Waals surface area contributed by atoms with Gasteiger partial charge in [0.1, 0.15) is 36.3 Å². The van der Waals surface area contributed by atoms with Gasteiger partial charge in [0.2, 0.25) is 0 Å². The lowest BCUT2D eigenvalue weighted by atomic mass is 9.77. The van der Waals surface area contributed by atoms with Crippen LogP contribution in [0.3, 0.4) is 0 Å². The third-order valence-corrected chi connectivity index (χ3v) is 9.53. The molecular weight excluding hydrogens is 615 g/mol. The van der Waals surface area contributed by atoms with Gasteiger partial charge in [0.15, 0.2) is 0 Å². The van der Waals surface area contributed by atoms with Crippen molar-refractivity contribution in [2.75, 3.05) is 26.9 Å². The Labute approximate surface area is 287 Å². The zero-order valence-corrected chi connectivity index (χ0v) is 27.2. The van der Waals surface area contributed by atoms with Crippen LogP contribution in [0, 0.1) is 0 Å². The lowest BCUT2D eigenvalue weighted by Crippen LogP contribution is -2.52. The summed E-state index contributed by atoms with van der Waals surface area (Å²) in [6.07, 6.45) is -4.09. The summed E-state index contributed by atoms with van der Waals surface area (Å²) in [5.74, 6) is -0.176. The van der Waals surface area contributed by atoms with Crippen LogP contribution in [0.2, 0.25) is 5.82 Å². The zero-order valence-electron chi connectivity index (χ0n) is 27.2. The molecule has 4 atom stereocenters. The minimum Gasteiger partial charge on any atom is -0.497 e. The maximum absolute atomic E-state index is 13.1. The lowest BCUT2D eigenvalue weighted by molar-refractivity contribution is -0.171. The fourth-order valence-electron chi connectivity index (χ4n) is 7.06. The van der Waals surface area contributed by atoms with Gasteiger partial charge in [0.25, 0.3) is 0 Å². The van der Waals surface area contributed by atoms with Crippen molar-refractivity contribution in [1.29, 1.82) is 0 Å². The number of ether oxygens (including phenoxy) is 5. The van der Waals surface area contributed by atoms with E-state index in [2.05, 4.69) is 12.1 Å². The summed E-state index contributed by atoms with van der Waals surface area (Å²) >= 11 is 0. The topological polar surface area (TPSA) is 83.5 Å². The summed E-state index contributed by atoms with van der Waals surface area (Å²) in [7, 11) is 7.96. The number of aliphatic hydroxyl groups excluding tert-OH is 1. The van der Waals surface area contributed by atoms with Gasteiger partial charge < -0.3 is 28.8 Å². The minimum absolute atomic E-state index is 0.0335. The number of hydrogen-bond donors (Lipinski definition) is 1. The molecule has 5 aromatic rings. The van der Waals surface area contributed by atoms with E-state index in [0.29, 0.717) is 5.75 Å². The molecule has 3 unspecified atom stereocenters. The van der Waals surface area contributed by atoms with Gasteiger partial charge in [-0.25, -0.2) is 4.79 Å². The van der Waals surface area contributed by atoms with E-state index in [1.54, 1.807) is 7.11 Å². The van der Waals surface area contributed by atoms with E-state index in [4.69, 9.17) is 31.5 Å². The number of benzene rings is 5. The first-order valence-electron chi connectivity index (χ1n) is 16.5. The summed E-state index contributed by atoms with van der Waals surface area (Å²) in [5.41, 5.74) is 6.00. The molecule has 8 heteroatoms. The van der Waals surface area contributed by atoms with Gasteiger partial charge in [-0.3, -0.25) is 0 Å². The molecule has 1 aliphatic carbocycles. The van der Waals surface area contributed by atoms with E-state index in [0.717, 1.165) is 38.9 Å². The molecule has 5 aromatic carbocycles. The summed E-state index contributed by atoms with van der Waals surface area (Å²) in [6.45, 7) is 0.110. The quantitative estimate of drug-likeness (QED) is 0.0984. The standard InChI is InChI=1S/C41H37BO7/c1-45-30-22-20-29(21-23-30)41(27-12-4-2-5-13-27,28-14-6-3-7-15-28)48-26-37-38(43)39(36(42)25-46-37)49-40(44)47-24-35-33-18-10-8-16-31(33)32-17-9-11-19-34(32)35/h2-23,35-39,43H,24-26H2,1H3/t36?,37?,38?,39-/m1/s1. The second-order valence-electron chi connectivity index (χ2n) is 12.3. The molecule has 49 heavy (non-hydrogen) atoms. The minimum atomic E-state index is -1.27. The Kier molecular flexibility index (Phi) is 9.53. The molecule has 1 N–H and O–H groups in total. The molecule has 7 nitrogen and oxygen atoms in total. The average molecular weight is 653 g/mol. The highest BCUT2D eigenvalue weighted by Gasteiger charge is 2.44. The van der Waals surface area contributed by atoms with Crippen LogP contribution >= 0.6 is 0 Å². The first-order valence-corrected chi connectivity index (χ1v) is 16.5. The Hall–Kier alpha value is -4.89. The fraction of sp³-hybridized carbons (Fsp3) is 0.244. The molecular formula is C41H37BO7. The average Bonchev–Trinajstić information content (AvgIpc) is 3.48. The smallest absolute Gasteiger partial charge is 0.497 e. The largest absolute Gasteiger partial charge is 0.508 e. The van der Waals surface area contributed by atoms with Crippen molar-refractivity contribution >= 4 is 14.0 Å². The summed E-state index contributed by atoms with van der Waals surface area (Å²) in [6, 6.07) is 43.7.